The van der Waals surface area contributed by atoms with Gasteiger partial charge in [0.05, 0.1) is 24.2 Å². The fourth-order valence-electron chi connectivity index (χ4n) is 2.98. The number of aromatic nitrogens is 2. The maximum Gasteiger partial charge on any atom is 0.342 e. The summed E-state index contributed by atoms with van der Waals surface area (Å²) >= 11 is 0. The lowest BCUT2D eigenvalue weighted by atomic mass is 10.2. The molecule has 0 spiro atoms. The summed E-state index contributed by atoms with van der Waals surface area (Å²) in [5, 5.41) is 7.16. The number of aryl methyl sites for hydroxylation is 1. The molecule has 0 fully saturated rings. The topological polar surface area (TPSA) is 82.4 Å². The van der Waals surface area contributed by atoms with Crippen LogP contribution in [0.2, 0.25) is 0 Å². The molecule has 0 aliphatic carbocycles. The van der Waals surface area contributed by atoms with E-state index in [1.54, 1.807) is 49.9 Å². The van der Waals surface area contributed by atoms with Crippen LogP contribution in [-0.2, 0) is 9.53 Å². The minimum atomic E-state index is -0.979. The molecule has 7 heteroatoms. The van der Waals surface area contributed by atoms with Gasteiger partial charge >= 0.3 is 5.97 Å². The van der Waals surface area contributed by atoms with Gasteiger partial charge in [0.15, 0.2) is 6.10 Å². The van der Waals surface area contributed by atoms with Crippen LogP contribution < -0.4 is 10.1 Å². The second-order valence-corrected chi connectivity index (χ2v) is 6.56. The lowest BCUT2D eigenvalue weighted by Crippen LogP contribution is -2.30. The molecule has 0 radical (unpaired) electrons. The average Bonchev–Trinajstić information content (AvgIpc) is 3.02. The highest BCUT2D eigenvalue weighted by Gasteiger charge is 2.25. The van der Waals surface area contributed by atoms with Crippen molar-refractivity contribution in [3.8, 4) is 11.4 Å². The summed E-state index contributed by atoms with van der Waals surface area (Å²) in [7, 11) is 1.55. The van der Waals surface area contributed by atoms with E-state index in [1.165, 1.54) is 6.92 Å². The lowest BCUT2D eigenvalue weighted by Gasteiger charge is -2.14. The number of ether oxygens (including phenoxy) is 2. The molecule has 3 rings (SSSR count). The van der Waals surface area contributed by atoms with Gasteiger partial charge in [0, 0.05) is 11.8 Å². The fourth-order valence-corrected chi connectivity index (χ4v) is 2.98. The number of amides is 1. The van der Waals surface area contributed by atoms with Crippen molar-refractivity contribution in [2.24, 2.45) is 0 Å². The summed E-state index contributed by atoms with van der Waals surface area (Å²) in [5.74, 6) is -0.403. The number of anilines is 1. The Bertz CT molecular complexity index is 1030. The highest BCUT2D eigenvalue weighted by molar-refractivity contribution is 5.98. The normalized spacial score (nSPS) is 11.6. The van der Waals surface area contributed by atoms with E-state index in [4.69, 9.17) is 9.47 Å². The van der Waals surface area contributed by atoms with Crippen molar-refractivity contribution in [2.45, 2.75) is 26.9 Å². The van der Waals surface area contributed by atoms with Gasteiger partial charge in [0.1, 0.15) is 11.3 Å². The molecule has 29 heavy (non-hydrogen) atoms. The molecule has 1 N–H and O–H groups in total. The number of rotatable bonds is 6. The third kappa shape index (κ3) is 4.45. The Kier molecular flexibility index (Phi) is 5.97. The first-order valence-corrected chi connectivity index (χ1v) is 9.18. The van der Waals surface area contributed by atoms with E-state index in [1.807, 2.05) is 30.3 Å². The Morgan fingerprint density at radius 3 is 2.48 bits per heavy atom. The molecule has 0 saturated heterocycles. The summed E-state index contributed by atoms with van der Waals surface area (Å²) < 4.78 is 12.2. The number of methoxy groups -OCH3 is 1. The summed E-state index contributed by atoms with van der Waals surface area (Å²) in [4.78, 5) is 25.1. The Balaban J connectivity index is 1.72. The Labute approximate surface area is 169 Å². The predicted octanol–water partition coefficient (Wildman–Crippen LogP) is 3.68. The molecule has 0 unspecified atom stereocenters. The lowest BCUT2D eigenvalue weighted by molar-refractivity contribution is -0.123. The predicted molar refractivity (Wildman–Crippen MR) is 110 cm³/mol. The van der Waals surface area contributed by atoms with Crippen LogP contribution in [0, 0.1) is 13.8 Å². The minimum Gasteiger partial charge on any atom is -0.497 e. The first-order valence-electron chi connectivity index (χ1n) is 9.18. The monoisotopic (exact) mass is 393 g/mol. The average molecular weight is 393 g/mol. The molecule has 1 aromatic heterocycles. The van der Waals surface area contributed by atoms with Crippen LogP contribution >= 0.6 is 0 Å². The van der Waals surface area contributed by atoms with Crippen molar-refractivity contribution in [3.05, 3.63) is 71.5 Å². The van der Waals surface area contributed by atoms with Gasteiger partial charge in [-0.05, 0) is 45.0 Å². The van der Waals surface area contributed by atoms with Gasteiger partial charge in [0.25, 0.3) is 5.91 Å². The number of benzene rings is 2. The number of esters is 1. The molecular formula is C22H23N3O4. The van der Waals surface area contributed by atoms with Crippen molar-refractivity contribution >= 4 is 17.6 Å². The second-order valence-electron chi connectivity index (χ2n) is 6.56. The summed E-state index contributed by atoms with van der Waals surface area (Å²) in [5.41, 5.74) is 2.95. The summed E-state index contributed by atoms with van der Waals surface area (Å²) in [6, 6.07) is 16.5. The zero-order chi connectivity index (χ0) is 21.0. The van der Waals surface area contributed by atoms with Gasteiger partial charge in [-0.25, -0.2) is 9.48 Å². The molecule has 0 bridgehead atoms. The molecule has 150 valence electrons. The Hall–Kier alpha value is -3.61. The van der Waals surface area contributed by atoms with Crippen molar-refractivity contribution in [1.29, 1.82) is 0 Å². The number of carbonyl (C=O) groups excluding carboxylic acids is 2. The number of nitrogens with zero attached hydrogens (tertiary/aromatic N) is 2. The first kappa shape index (κ1) is 20.1. The number of hydrogen-bond acceptors (Lipinski definition) is 5. The van der Waals surface area contributed by atoms with Crippen molar-refractivity contribution < 1.29 is 19.1 Å². The second kappa shape index (κ2) is 8.60. The SMILES string of the molecule is COc1cccc(NC(=O)[C@H](C)OC(=O)c2c(C)nn(-c3ccccc3)c2C)c1. The maximum absolute atomic E-state index is 12.7. The van der Waals surface area contributed by atoms with Gasteiger partial charge in [-0.1, -0.05) is 24.3 Å². The standard InChI is InChI=1S/C22H23N3O4/c1-14-20(15(2)25(24-14)18-10-6-5-7-11-18)22(27)29-16(3)21(26)23-17-9-8-12-19(13-17)28-4/h5-13,16H,1-4H3,(H,23,26)/t16-/m0/s1. The number of hydrogen-bond donors (Lipinski definition) is 1. The van der Waals surface area contributed by atoms with Crippen LogP contribution in [-0.4, -0.2) is 34.9 Å². The van der Waals surface area contributed by atoms with E-state index in [9.17, 15) is 9.59 Å². The van der Waals surface area contributed by atoms with Crippen LogP contribution in [0.15, 0.2) is 54.6 Å². The minimum absolute atomic E-state index is 0.356. The zero-order valence-electron chi connectivity index (χ0n) is 16.8. The molecule has 2 aromatic carbocycles. The van der Waals surface area contributed by atoms with Gasteiger partial charge in [0.2, 0.25) is 0 Å². The van der Waals surface area contributed by atoms with Crippen LogP contribution in [0.5, 0.6) is 5.75 Å². The van der Waals surface area contributed by atoms with Gasteiger partial charge in [-0.3, -0.25) is 4.79 Å². The molecular weight excluding hydrogens is 370 g/mol. The van der Waals surface area contributed by atoms with E-state index in [0.29, 0.717) is 28.4 Å². The maximum atomic E-state index is 12.7. The molecule has 1 atom stereocenters. The molecule has 0 aliphatic heterocycles. The third-order valence-electron chi connectivity index (χ3n) is 4.49. The van der Waals surface area contributed by atoms with E-state index < -0.39 is 18.0 Å². The third-order valence-corrected chi connectivity index (χ3v) is 4.49. The van der Waals surface area contributed by atoms with Crippen LogP contribution in [0.3, 0.4) is 0 Å². The Morgan fingerprint density at radius 2 is 1.79 bits per heavy atom. The fraction of sp³-hybridized carbons (Fsp3) is 0.227. The molecule has 0 saturated carbocycles. The highest BCUT2D eigenvalue weighted by atomic mass is 16.5. The molecule has 1 heterocycles. The van der Waals surface area contributed by atoms with Crippen LogP contribution in [0.1, 0.15) is 28.7 Å². The van der Waals surface area contributed by atoms with Gasteiger partial charge < -0.3 is 14.8 Å². The van der Waals surface area contributed by atoms with E-state index in [2.05, 4.69) is 10.4 Å². The largest absolute Gasteiger partial charge is 0.497 e. The molecule has 7 nitrogen and oxygen atoms in total. The van der Waals surface area contributed by atoms with E-state index in [-0.39, 0.29) is 0 Å². The first-order chi connectivity index (χ1) is 13.9. The van der Waals surface area contributed by atoms with E-state index >= 15 is 0 Å². The van der Waals surface area contributed by atoms with Crippen molar-refractivity contribution in [3.63, 3.8) is 0 Å². The summed E-state index contributed by atoms with van der Waals surface area (Å²) in [6.07, 6.45) is -0.979. The molecule has 1 amide bonds. The quantitative estimate of drug-likeness (QED) is 0.646. The van der Waals surface area contributed by atoms with Crippen LogP contribution in [0.4, 0.5) is 5.69 Å². The van der Waals surface area contributed by atoms with Crippen molar-refractivity contribution in [1.82, 2.24) is 9.78 Å². The number of para-hydroxylation sites is 1. The smallest absolute Gasteiger partial charge is 0.342 e. The number of carbonyl (C=O) groups is 2. The van der Waals surface area contributed by atoms with Gasteiger partial charge in [-0.15, -0.1) is 0 Å². The summed E-state index contributed by atoms with van der Waals surface area (Å²) in [6.45, 7) is 5.06. The van der Waals surface area contributed by atoms with Crippen molar-refractivity contribution in [2.75, 3.05) is 12.4 Å². The van der Waals surface area contributed by atoms with Crippen LogP contribution in [0.25, 0.3) is 5.69 Å². The Morgan fingerprint density at radius 1 is 1.07 bits per heavy atom. The zero-order valence-corrected chi connectivity index (χ0v) is 16.8. The molecule has 3 aromatic rings. The highest BCUT2D eigenvalue weighted by Crippen LogP contribution is 2.20. The van der Waals surface area contributed by atoms with E-state index in [0.717, 1.165) is 5.69 Å². The van der Waals surface area contributed by atoms with Gasteiger partial charge in [-0.2, -0.15) is 5.10 Å². The molecule has 0 aliphatic rings. The number of nitrogens with one attached hydrogen (secondary N) is 1.